The number of fused-ring (bicyclic) bond motifs is 2. The fourth-order valence-corrected chi connectivity index (χ4v) is 7.33. The van der Waals surface area contributed by atoms with E-state index in [4.69, 9.17) is 27.9 Å². The summed E-state index contributed by atoms with van der Waals surface area (Å²) in [6.45, 7) is 3.28. The zero-order valence-corrected chi connectivity index (χ0v) is 26.7. The first-order valence-corrected chi connectivity index (χ1v) is 16.5. The van der Waals surface area contributed by atoms with Gasteiger partial charge in [-0.1, -0.05) is 65.7 Å². The SMILES string of the molecule is Clc1ccc(C2c3cc(Cl)cc4[nH]c(CNc5cccnc5OCC5CCNCC5)c(c34)C3=C(c4ccccc4)C=C=CN32)cc1. The molecule has 3 aliphatic heterocycles. The number of ether oxygens (including phenoxy) is 1. The summed E-state index contributed by atoms with van der Waals surface area (Å²) in [6.07, 6.45) is 8.17. The Morgan fingerprint density at radius 3 is 2.61 bits per heavy atom. The largest absolute Gasteiger partial charge is 0.476 e. The van der Waals surface area contributed by atoms with Gasteiger partial charge in [0.05, 0.1) is 30.6 Å². The van der Waals surface area contributed by atoms with Crippen molar-refractivity contribution >= 4 is 51.1 Å². The molecule has 1 fully saturated rings. The van der Waals surface area contributed by atoms with Gasteiger partial charge in [-0.3, -0.25) is 0 Å². The highest BCUT2D eigenvalue weighted by Crippen LogP contribution is 2.51. The summed E-state index contributed by atoms with van der Waals surface area (Å²) in [5.74, 6) is 1.17. The minimum Gasteiger partial charge on any atom is -0.476 e. The highest BCUT2D eigenvalue weighted by atomic mass is 35.5. The smallest absolute Gasteiger partial charge is 0.237 e. The van der Waals surface area contributed by atoms with Crippen LogP contribution in [0.3, 0.4) is 0 Å². The van der Waals surface area contributed by atoms with Gasteiger partial charge in [0.15, 0.2) is 0 Å². The lowest BCUT2D eigenvalue weighted by molar-refractivity contribution is 0.210. The molecule has 0 aliphatic carbocycles. The van der Waals surface area contributed by atoms with Gasteiger partial charge in [-0.05, 0) is 91.0 Å². The fourth-order valence-electron chi connectivity index (χ4n) is 6.97. The Hall–Kier alpha value is -4.45. The number of anilines is 1. The standard InChI is InChI=1S/C38H33Cl2N5O/c39-27-12-10-26(11-13-27)36-30-20-28(40)21-32-34(30)35(37-29(8-5-19-45(36)37)25-6-2-1-3-7-25)33(44-32)22-43-31-9-4-16-42-38(31)46-23-24-14-17-41-18-15-24/h1-4,6-13,16,19-21,24,36,41,43-44H,14-15,17-18,22-23H2. The molecule has 0 bridgehead atoms. The predicted molar refractivity (Wildman–Crippen MR) is 187 cm³/mol. The van der Waals surface area contributed by atoms with Crippen LogP contribution in [0.5, 0.6) is 5.88 Å². The van der Waals surface area contributed by atoms with Crippen molar-refractivity contribution in [3.8, 4) is 5.88 Å². The Bertz CT molecular complexity index is 2000. The third-order valence-corrected chi connectivity index (χ3v) is 9.62. The number of hydrogen-bond donors (Lipinski definition) is 3. The molecule has 5 heterocycles. The van der Waals surface area contributed by atoms with Crippen LogP contribution in [-0.2, 0) is 6.54 Å². The van der Waals surface area contributed by atoms with E-state index in [1.165, 1.54) is 0 Å². The lowest BCUT2D eigenvalue weighted by Gasteiger charge is -2.39. The van der Waals surface area contributed by atoms with Crippen molar-refractivity contribution in [3.63, 3.8) is 0 Å². The van der Waals surface area contributed by atoms with Crippen molar-refractivity contribution in [2.75, 3.05) is 25.0 Å². The van der Waals surface area contributed by atoms with E-state index in [0.29, 0.717) is 35.0 Å². The van der Waals surface area contributed by atoms with Crippen molar-refractivity contribution in [2.45, 2.75) is 25.4 Å². The topological polar surface area (TPSA) is 65.2 Å². The molecule has 2 aromatic heterocycles. The molecule has 8 rings (SSSR count). The zero-order valence-electron chi connectivity index (χ0n) is 25.2. The summed E-state index contributed by atoms with van der Waals surface area (Å²) in [5, 5.41) is 9.63. The van der Waals surface area contributed by atoms with Crippen LogP contribution in [0.25, 0.3) is 22.2 Å². The maximum atomic E-state index is 6.81. The molecule has 3 N–H and O–H groups in total. The van der Waals surface area contributed by atoms with E-state index >= 15 is 0 Å². The Kier molecular flexibility index (Phi) is 7.81. The molecule has 8 heteroatoms. The van der Waals surface area contributed by atoms with Crippen molar-refractivity contribution in [1.82, 2.24) is 20.2 Å². The molecule has 1 unspecified atom stereocenters. The summed E-state index contributed by atoms with van der Waals surface area (Å²) >= 11 is 13.2. The van der Waals surface area contributed by atoms with Gasteiger partial charge in [-0.15, -0.1) is 5.73 Å². The van der Waals surface area contributed by atoms with Gasteiger partial charge in [-0.25, -0.2) is 4.98 Å². The normalized spacial score (nSPS) is 17.4. The van der Waals surface area contributed by atoms with Gasteiger partial charge in [0.1, 0.15) is 0 Å². The molecule has 3 aromatic carbocycles. The number of allylic oxidation sites excluding steroid dienone is 2. The van der Waals surface area contributed by atoms with Gasteiger partial charge in [-0.2, -0.15) is 0 Å². The lowest BCUT2D eigenvalue weighted by Crippen LogP contribution is -2.30. The Balaban J connectivity index is 1.24. The highest BCUT2D eigenvalue weighted by Gasteiger charge is 2.37. The van der Waals surface area contributed by atoms with Crippen molar-refractivity contribution < 1.29 is 4.74 Å². The molecule has 0 spiro atoms. The first kappa shape index (κ1) is 29.0. The van der Waals surface area contributed by atoms with Crippen LogP contribution in [0.1, 0.15) is 46.8 Å². The van der Waals surface area contributed by atoms with Crippen molar-refractivity contribution in [2.24, 2.45) is 5.92 Å². The Morgan fingerprint density at radius 1 is 0.957 bits per heavy atom. The molecule has 230 valence electrons. The van der Waals surface area contributed by atoms with E-state index in [9.17, 15) is 0 Å². The quantitative estimate of drug-likeness (QED) is 0.147. The summed E-state index contributed by atoms with van der Waals surface area (Å²) in [5.41, 5.74) is 13.1. The van der Waals surface area contributed by atoms with Gasteiger partial charge in [0.2, 0.25) is 5.88 Å². The number of H-pyrrole nitrogens is 1. The number of nitrogens with zero attached hydrogens (tertiary/aromatic N) is 2. The van der Waals surface area contributed by atoms with E-state index in [1.54, 1.807) is 6.20 Å². The maximum Gasteiger partial charge on any atom is 0.237 e. The molecule has 0 amide bonds. The summed E-state index contributed by atoms with van der Waals surface area (Å²) in [4.78, 5) is 10.7. The first-order valence-electron chi connectivity index (χ1n) is 15.8. The molecule has 0 radical (unpaired) electrons. The van der Waals surface area contributed by atoms with Crippen LogP contribution in [-0.4, -0.2) is 34.6 Å². The molecule has 1 atom stereocenters. The van der Waals surface area contributed by atoms with E-state index in [2.05, 4.69) is 86.0 Å². The molecule has 0 saturated carbocycles. The first-order chi connectivity index (χ1) is 22.6. The van der Waals surface area contributed by atoms with Crippen LogP contribution in [0.15, 0.2) is 103 Å². The third kappa shape index (κ3) is 5.38. The average molecular weight is 647 g/mol. The van der Waals surface area contributed by atoms with Crippen LogP contribution in [0.2, 0.25) is 10.0 Å². The number of aromatic nitrogens is 2. The second-order valence-electron chi connectivity index (χ2n) is 12.0. The second-order valence-corrected chi connectivity index (χ2v) is 12.9. The van der Waals surface area contributed by atoms with Crippen LogP contribution in [0, 0.1) is 5.92 Å². The Morgan fingerprint density at radius 2 is 1.78 bits per heavy atom. The number of rotatable bonds is 8. The molecule has 3 aliphatic rings. The molecule has 5 aromatic rings. The van der Waals surface area contributed by atoms with Gasteiger partial charge < -0.3 is 25.3 Å². The minimum absolute atomic E-state index is 0.120. The van der Waals surface area contributed by atoms with Gasteiger partial charge in [0.25, 0.3) is 0 Å². The number of aromatic amines is 1. The van der Waals surface area contributed by atoms with E-state index in [1.807, 2.05) is 36.4 Å². The number of piperidine rings is 1. The summed E-state index contributed by atoms with van der Waals surface area (Å²) in [7, 11) is 0. The average Bonchev–Trinajstić information content (AvgIpc) is 3.46. The number of halogens is 2. The maximum absolute atomic E-state index is 6.81. The molecule has 6 nitrogen and oxygen atoms in total. The number of hydrogen-bond acceptors (Lipinski definition) is 5. The molecular weight excluding hydrogens is 613 g/mol. The molecule has 46 heavy (non-hydrogen) atoms. The van der Waals surface area contributed by atoms with Gasteiger partial charge >= 0.3 is 0 Å². The van der Waals surface area contributed by atoms with Gasteiger partial charge in [0, 0.05) is 50.2 Å². The number of pyridine rings is 1. The van der Waals surface area contributed by atoms with E-state index in [-0.39, 0.29) is 6.04 Å². The monoisotopic (exact) mass is 645 g/mol. The Labute approximate surface area is 278 Å². The van der Waals surface area contributed by atoms with Crippen molar-refractivity contribution in [3.05, 3.63) is 141 Å². The lowest BCUT2D eigenvalue weighted by atomic mass is 9.84. The number of nitrogens with one attached hydrogen (secondary N) is 3. The van der Waals surface area contributed by atoms with Crippen LogP contribution >= 0.6 is 23.2 Å². The zero-order chi connectivity index (χ0) is 31.0. The van der Waals surface area contributed by atoms with Crippen molar-refractivity contribution in [1.29, 1.82) is 0 Å². The summed E-state index contributed by atoms with van der Waals surface area (Å²) < 4.78 is 6.28. The highest BCUT2D eigenvalue weighted by molar-refractivity contribution is 6.31. The number of benzene rings is 3. The van der Waals surface area contributed by atoms with E-state index < -0.39 is 0 Å². The van der Waals surface area contributed by atoms with E-state index in [0.717, 1.165) is 81.7 Å². The molecule has 1 saturated heterocycles. The second kappa shape index (κ2) is 12.4. The molecular formula is C38H33Cl2N5O. The third-order valence-electron chi connectivity index (χ3n) is 9.15. The minimum atomic E-state index is -0.120. The van der Waals surface area contributed by atoms with Crippen LogP contribution in [0.4, 0.5) is 5.69 Å². The fraction of sp³-hybridized carbons (Fsp3) is 0.211. The predicted octanol–water partition coefficient (Wildman–Crippen LogP) is 8.82. The summed E-state index contributed by atoms with van der Waals surface area (Å²) in [6, 6.07) is 26.6. The van der Waals surface area contributed by atoms with Crippen LogP contribution < -0.4 is 15.4 Å².